The Balaban J connectivity index is 3.01. The van der Waals surface area contributed by atoms with Crippen molar-refractivity contribution >= 4 is 6.29 Å². The average Bonchev–Trinajstić information content (AvgIpc) is 2.25. The molecule has 0 aliphatic carbocycles. The lowest BCUT2D eigenvalue weighted by Gasteiger charge is -2.07. The highest BCUT2D eigenvalue weighted by atomic mass is 16.5. The van der Waals surface area contributed by atoms with Gasteiger partial charge in [0.2, 0.25) is 0 Å². The third-order valence-corrected chi connectivity index (χ3v) is 2.17. The standard InChI is InChI=1S/C13H16O2/c1-10(2)4-6-12-8-11(9-14)5-7-13(12)15-3/h4-5,7-9H,6H2,1-3H3. The van der Waals surface area contributed by atoms with E-state index >= 15 is 0 Å². The topological polar surface area (TPSA) is 26.3 Å². The number of carbonyl (C=O) groups excluding carboxylic acids is 1. The number of benzene rings is 1. The molecular formula is C13H16O2. The van der Waals surface area contributed by atoms with Crippen LogP contribution in [0, 0.1) is 0 Å². The normalized spacial score (nSPS) is 9.53. The van der Waals surface area contributed by atoms with Crippen molar-refractivity contribution in [1.29, 1.82) is 0 Å². The van der Waals surface area contributed by atoms with Crippen LogP contribution in [0.25, 0.3) is 0 Å². The van der Waals surface area contributed by atoms with Crippen LogP contribution in [0.5, 0.6) is 5.75 Å². The van der Waals surface area contributed by atoms with Gasteiger partial charge in [-0.25, -0.2) is 0 Å². The molecule has 1 rings (SSSR count). The van der Waals surface area contributed by atoms with Gasteiger partial charge in [-0.05, 0) is 44.0 Å². The van der Waals surface area contributed by atoms with Gasteiger partial charge in [0, 0.05) is 5.56 Å². The van der Waals surface area contributed by atoms with Gasteiger partial charge < -0.3 is 4.74 Å². The molecule has 2 heteroatoms. The fourth-order valence-corrected chi connectivity index (χ4v) is 1.35. The summed E-state index contributed by atoms with van der Waals surface area (Å²) in [6, 6.07) is 5.46. The summed E-state index contributed by atoms with van der Waals surface area (Å²) in [5, 5.41) is 0. The van der Waals surface area contributed by atoms with Crippen LogP contribution >= 0.6 is 0 Å². The predicted octanol–water partition coefficient (Wildman–Crippen LogP) is 3.02. The number of hydrogen-bond donors (Lipinski definition) is 0. The summed E-state index contributed by atoms with van der Waals surface area (Å²) in [4.78, 5) is 10.6. The molecule has 0 fully saturated rings. The van der Waals surface area contributed by atoms with Crippen LogP contribution in [0.1, 0.15) is 29.8 Å². The van der Waals surface area contributed by atoms with E-state index in [0.717, 1.165) is 24.0 Å². The molecule has 0 aliphatic heterocycles. The van der Waals surface area contributed by atoms with Crippen LogP contribution < -0.4 is 4.74 Å². The van der Waals surface area contributed by atoms with Crippen molar-refractivity contribution in [3.05, 3.63) is 41.0 Å². The lowest BCUT2D eigenvalue weighted by atomic mass is 10.1. The Morgan fingerprint density at radius 2 is 2.13 bits per heavy atom. The van der Waals surface area contributed by atoms with E-state index in [1.54, 1.807) is 13.2 Å². The van der Waals surface area contributed by atoms with Gasteiger partial charge in [0.05, 0.1) is 7.11 Å². The van der Waals surface area contributed by atoms with Gasteiger partial charge in [-0.3, -0.25) is 4.79 Å². The van der Waals surface area contributed by atoms with E-state index in [2.05, 4.69) is 19.9 Å². The minimum atomic E-state index is 0.688. The van der Waals surface area contributed by atoms with E-state index in [9.17, 15) is 4.79 Å². The largest absolute Gasteiger partial charge is 0.496 e. The van der Waals surface area contributed by atoms with Crippen LogP contribution in [0.4, 0.5) is 0 Å². The number of hydrogen-bond acceptors (Lipinski definition) is 2. The second kappa shape index (κ2) is 5.35. The molecule has 0 bridgehead atoms. The zero-order chi connectivity index (χ0) is 11.3. The Labute approximate surface area is 90.6 Å². The first-order valence-corrected chi connectivity index (χ1v) is 4.93. The van der Waals surface area contributed by atoms with E-state index in [1.165, 1.54) is 5.57 Å². The van der Waals surface area contributed by atoms with Gasteiger partial charge in [-0.2, -0.15) is 0 Å². The van der Waals surface area contributed by atoms with Gasteiger partial charge >= 0.3 is 0 Å². The van der Waals surface area contributed by atoms with Crippen LogP contribution in [0.15, 0.2) is 29.8 Å². The molecule has 0 N–H and O–H groups in total. The van der Waals surface area contributed by atoms with Crippen molar-refractivity contribution in [2.75, 3.05) is 7.11 Å². The molecule has 0 atom stereocenters. The van der Waals surface area contributed by atoms with Crippen LogP contribution in [-0.4, -0.2) is 13.4 Å². The molecule has 0 amide bonds. The highest BCUT2D eigenvalue weighted by Gasteiger charge is 2.02. The van der Waals surface area contributed by atoms with Crippen molar-refractivity contribution in [2.45, 2.75) is 20.3 Å². The number of aldehydes is 1. The number of ether oxygens (including phenoxy) is 1. The maximum atomic E-state index is 10.6. The Morgan fingerprint density at radius 3 is 2.67 bits per heavy atom. The lowest BCUT2D eigenvalue weighted by Crippen LogP contribution is -1.93. The number of carbonyl (C=O) groups is 1. The van der Waals surface area contributed by atoms with E-state index < -0.39 is 0 Å². The number of allylic oxidation sites excluding steroid dienone is 2. The minimum Gasteiger partial charge on any atom is -0.496 e. The fraction of sp³-hybridized carbons (Fsp3) is 0.308. The minimum absolute atomic E-state index is 0.688. The Hall–Kier alpha value is -1.57. The van der Waals surface area contributed by atoms with E-state index in [-0.39, 0.29) is 0 Å². The molecule has 0 heterocycles. The summed E-state index contributed by atoms with van der Waals surface area (Å²) in [6.45, 7) is 4.10. The van der Waals surface area contributed by atoms with Crippen LogP contribution in [0.2, 0.25) is 0 Å². The van der Waals surface area contributed by atoms with E-state index in [1.807, 2.05) is 12.1 Å². The molecule has 0 radical (unpaired) electrons. The summed E-state index contributed by atoms with van der Waals surface area (Å²) >= 11 is 0. The second-order valence-electron chi connectivity index (χ2n) is 3.67. The second-order valence-corrected chi connectivity index (χ2v) is 3.67. The maximum Gasteiger partial charge on any atom is 0.150 e. The Morgan fingerprint density at radius 1 is 1.40 bits per heavy atom. The van der Waals surface area contributed by atoms with Gasteiger partial charge in [-0.1, -0.05) is 11.6 Å². The van der Waals surface area contributed by atoms with Gasteiger partial charge in [-0.15, -0.1) is 0 Å². The Bertz CT molecular complexity index is 374. The molecule has 0 saturated carbocycles. The molecule has 15 heavy (non-hydrogen) atoms. The maximum absolute atomic E-state index is 10.6. The molecule has 2 nitrogen and oxygen atoms in total. The summed E-state index contributed by atoms with van der Waals surface area (Å²) in [5.74, 6) is 0.832. The fourth-order valence-electron chi connectivity index (χ4n) is 1.35. The first-order chi connectivity index (χ1) is 7.17. The molecule has 0 spiro atoms. The average molecular weight is 204 g/mol. The molecule has 0 aromatic heterocycles. The summed E-state index contributed by atoms with van der Waals surface area (Å²) in [7, 11) is 1.64. The third kappa shape index (κ3) is 3.24. The van der Waals surface area contributed by atoms with Crippen LogP contribution in [-0.2, 0) is 6.42 Å². The van der Waals surface area contributed by atoms with Crippen LogP contribution in [0.3, 0.4) is 0 Å². The first kappa shape index (κ1) is 11.5. The summed E-state index contributed by atoms with van der Waals surface area (Å²) in [5.41, 5.74) is 2.99. The van der Waals surface area contributed by atoms with Gasteiger partial charge in [0.15, 0.2) is 0 Å². The summed E-state index contributed by atoms with van der Waals surface area (Å²) < 4.78 is 5.23. The monoisotopic (exact) mass is 204 g/mol. The van der Waals surface area contributed by atoms with Crippen molar-refractivity contribution < 1.29 is 9.53 Å². The van der Waals surface area contributed by atoms with Crippen molar-refractivity contribution in [2.24, 2.45) is 0 Å². The van der Waals surface area contributed by atoms with Crippen molar-refractivity contribution in [3.63, 3.8) is 0 Å². The molecule has 1 aromatic rings. The molecule has 0 aliphatic rings. The Kier molecular flexibility index (Phi) is 4.10. The molecular weight excluding hydrogens is 188 g/mol. The molecule has 0 saturated heterocycles. The lowest BCUT2D eigenvalue weighted by molar-refractivity contribution is 0.112. The molecule has 0 unspecified atom stereocenters. The zero-order valence-corrected chi connectivity index (χ0v) is 9.41. The highest BCUT2D eigenvalue weighted by molar-refractivity contribution is 5.75. The van der Waals surface area contributed by atoms with E-state index in [0.29, 0.717) is 5.56 Å². The van der Waals surface area contributed by atoms with E-state index in [4.69, 9.17) is 4.74 Å². The third-order valence-electron chi connectivity index (χ3n) is 2.17. The first-order valence-electron chi connectivity index (χ1n) is 4.93. The molecule has 1 aromatic carbocycles. The van der Waals surface area contributed by atoms with Crippen molar-refractivity contribution in [3.8, 4) is 5.75 Å². The van der Waals surface area contributed by atoms with Gasteiger partial charge in [0.25, 0.3) is 0 Å². The quantitative estimate of drug-likeness (QED) is 0.556. The number of methoxy groups -OCH3 is 1. The zero-order valence-electron chi connectivity index (χ0n) is 9.41. The predicted molar refractivity (Wildman–Crippen MR) is 61.5 cm³/mol. The summed E-state index contributed by atoms with van der Waals surface area (Å²) in [6.07, 6.45) is 3.77. The number of rotatable bonds is 4. The highest BCUT2D eigenvalue weighted by Crippen LogP contribution is 2.20. The van der Waals surface area contributed by atoms with Crippen molar-refractivity contribution in [1.82, 2.24) is 0 Å². The van der Waals surface area contributed by atoms with Gasteiger partial charge in [0.1, 0.15) is 12.0 Å². The smallest absolute Gasteiger partial charge is 0.150 e. The SMILES string of the molecule is COc1ccc(C=O)cc1CC=C(C)C. The molecule has 80 valence electrons.